The number of carbonyl (C=O) groups is 4. The van der Waals surface area contributed by atoms with Gasteiger partial charge in [0.05, 0.1) is 18.4 Å². The second kappa shape index (κ2) is 11.8. The zero-order valence-corrected chi connectivity index (χ0v) is 22.0. The van der Waals surface area contributed by atoms with Crippen LogP contribution in [0, 0.1) is 17.6 Å². The summed E-state index contributed by atoms with van der Waals surface area (Å²) >= 11 is 0. The Balaban J connectivity index is 1.39. The number of hydrogen-bond donors (Lipinski definition) is 1. The second-order valence-electron chi connectivity index (χ2n) is 10.00. The molecular formula is C26H31F2N5O6. The van der Waals surface area contributed by atoms with Gasteiger partial charge in [-0.2, -0.15) is 0 Å². The zero-order chi connectivity index (χ0) is 28.3. The number of ketones is 1. The van der Waals surface area contributed by atoms with Gasteiger partial charge in [0, 0.05) is 50.8 Å². The lowest BCUT2D eigenvalue weighted by molar-refractivity contribution is -0.134. The van der Waals surface area contributed by atoms with E-state index in [-0.39, 0.29) is 73.9 Å². The van der Waals surface area contributed by atoms with Crippen molar-refractivity contribution >= 4 is 35.1 Å². The van der Waals surface area contributed by atoms with Crippen LogP contribution in [0.1, 0.15) is 44.2 Å². The van der Waals surface area contributed by atoms with Gasteiger partial charge in [0.2, 0.25) is 11.7 Å². The molecule has 1 aromatic heterocycles. The molecule has 4 rings (SSSR count). The Morgan fingerprint density at radius 3 is 2.36 bits per heavy atom. The second-order valence-corrected chi connectivity index (χ2v) is 10.00. The van der Waals surface area contributed by atoms with E-state index in [1.54, 1.807) is 18.7 Å². The maximum atomic E-state index is 15.1. The number of carbonyl (C=O) groups excluding carboxylic acids is 4. The first-order valence-corrected chi connectivity index (χ1v) is 12.8. The summed E-state index contributed by atoms with van der Waals surface area (Å²) in [7, 11) is 0. The Morgan fingerprint density at radius 1 is 1.13 bits per heavy atom. The van der Waals surface area contributed by atoms with E-state index in [1.807, 2.05) is 0 Å². The SMILES string of the molecule is CC(=O)CC[C@H]1CN(c2cc(F)c(N3CCN(C(=O)[C@@H](NC(=O)c4ccno4)C(C)C)CC3)c(F)c2)C(=O)O1. The first kappa shape index (κ1) is 28.0. The van der Waals surface area contributed by atoms with E-state index in [4.69, 9.17) is 9.26 Å². The van der Waals surface area contributed by atoms with Crippen LogP contribution in [0.15, 0.2) is 28.9 Å². The van der Waals surface area contributed by atoms with Gasteiger partial charge in [-0.3, -0.25) is 14.5 Å². The summed E-state index contributed by atoms with van der Waals surface area (Å²) in [5.41, 5.74) is -0.217. The topological polar surface area (TPSA) is 125 Å². The first-order chi connectivity index (χ1) is 18.5. The summed E-state index contributed by atoms with van der Waals surface area (Å²) in [4.78, 5) is 53.3. The minimum absolute atomic E-state index is 0.0126. The summed E-state index contributed by atoms with van der Waals surface area (Å²) in [6.45, 7) is 5.84. The lowest BCUT2D eigenvalue weighted by atomic mass is 10.0. The third-order valence-electron chi connectivity index (χ3n) is 6.79. The van der Waals surface area contributed by atoms with Crippen LogP contribution in [0.5, 0.6) is 0 Å². The van der Waals surface area contributed by atoms with Crippen LogP contribution in [0.4, 0.5) is 25.0 Å². The van der Waals surface area contributed by atoms with Crippen molar-refractivity contribution in [2.45, 2.75) is 45.8 Å². The van der Waals surface area contributed by atoms with Gasteiger partial charge in [-0.15, -0.1) is 0 Å². The fourth-order valence-corrected chi connectivity index (χ4v) is 4.66. The van der Waals surface area contributed by atoms with E-state index in [2.05, 4.69) is 10.5 Å². The van der Waals surface area contributed by atoms with Crippen LogP contribution in [0.3, 0.4) is 0 Å². The van der Waals surface area contributed by atoms with Crippen molar-refractivity contribution in [3.8, 4) is 0 Å². The van der Waals surface area contributed by atoms with Crippen LogP contribution in [0.2, 0.25) is 0 Å². The molecule has 11 nitrogen and oxygen atoms in total. The lowest BCUT2D eigenvalue weighted by Gasteiger charge is -2.38. The molecule has 1 aromatic carbocycles. The minimum Gasteiger partial charge on any atom is -0.444 e. The molecule has 3 amide bonds. The number of benzene rings is 1. The highest BCUT2D eigenvalue weighted by Crippen LogP contribution is 2.32. The Kier molecular flexibility index (Phi) is 8.46. The summed E-state index contributed by atoms with van der Waals surface area (Å²) in [6.07, 6.45) is 0.652. The third-order valence-corrected chi connectivity index (χ3v) is 6.79. The van der Waals surface area contributed by atoms with Gasteiger partial charge in [0.15, 0.2) is 11.6 Å². The fourth-order valence-electron chi connectivity index (χ4n) is 4.66. The quantitative estimate of drug-likeness (QED) is 0.508. The Labute approximate surface area is 224 Å². The number of aromatic nitrogens is 1. The van der Waals surface area contributed by atoms with Gasteiger partial charge in [0.25, 0.3) is 5.91 Å². The molecule has 0 radical (unpaired) electrons. The lowest BCUT2D eigenvalue weighted by Crippen LogP contribution is -2.56. The number of piperazine rings is 1. The molecule has 2 saturated heterocycles. The fraction of sp³-hybridized carbons (Fsp3) is 0.500. The average Bonchev–Trinajstić information content (AvgIpc) is 3.55. The number of Topliss-reactive ketones (excluding diaryl/α,β-unsaturated/α-hetero) is 1. The van der Waals surface area contributed by atoms with Crippen molar-refractivity contribution < 1.29 is 37.2 Å². The molecule has 210 valence electrons. The zero-order valence-electron chi connectivity index (χ0n) is 22.0. The Hall–Kier alpha value is -4.03. The van der Waals surface area contributed by atoms with Crippen molar-refractivity contribution in [2.75, 3.05) is 42.5 Å². The molecule has 2 fully saturated rings. The predicted molar refractivity (Wildman–Crippen MR) is 135 cm³/mol. The summed E-state index contributed by atoms with van der Waals surface area (Å²) in [5, 5.41) is 6.17. The van der Waals surface area contributed by atoms with Crippen LogP contribution in [0.25, 0.3) is 0 Å². The van der Waals surface area contributed by atoms with Crippen LogP contribution in [-0.2, 0) is 14.3 Å². The number of hydrogen-bond acceptors (Lipinski definition) is 8. The molecule has 0 saturated carbocycles. The number of nitrogens with zero attached hydrogens (tertiary/aromatic N) is 4. The van der Waals surface area contributed by atoms with E-state index < -0.39 is 35.8 Å². The molecule has 0 spiro atoms. The summed E-state index contributed by atoms with van der Waals surface area (Å²) < 4.78 is 40.4. The highest BCUT2D eigenvalue weighted by molar-refractivity contribution is 5.95. The number of anilines is 2. The molecule has 0 aliphatic carbocycles. The van der Waals surface area contributed by atoms with E-state index in [0.717, 1.165) is 17.0 Å². The molecule has 2 aliphatic rings. The maximum Gasteiger partial charge on any atom is 0.414 e. The molecule has 1 N–H and O–H groups in total. The van der Waals surface area contributed by atoms with Crippen molar-refractivity contribution in [1.82, 2.24) is 15.4 Å². The van der Waals surface area contributed by atoms with Gasteiger partial charge < -0.3 is 29.2 Å². The van der Waals surface area contributed by atoms with E-state index in [1.165, 1.54) is 24.1 Å². The highest BCUT2D eigenvalue weighted by atomic mass is 19.1. The largest absolute Gasteiger partial charge is 0.444 e. The highest BCUT2D eigenvalue weighted by Gasteiger charge is 2.35. The minimum atomic E-state index is -0.843. The number of amides is 3. The number of nitrogens with one attached hydrogen (secondary N) is 1. The van der Waals surface area contributed by atoms with Gasteiger partial charge >= 0.3 is 6.09 Å². The first-order valence-electron chi connectivity index (χ1n) is 12.8. The van der Waals surface area contributed by atoms with Crippen LogP contribution >= 0.6 is 0 Å². The number of cyclic esters (lactones) is 1. The predicted octanol–water partition coefficient (Wildman–Crippen LogP) is 2.75. The molecule has 0 unspecified atom stereocenters. The van der Waals surface area contributed by atoms with Gasteiger partial charge in [-0.05, 0) is 19.3 Å². The molecule has 3 heterocycles. The van der Waals surface area contributed by atoms with E-state index in [0.29, 0.717) is 6.42 Å². The summed E-state index contributed by atoms with van der Waals surface area (Å²) in [6, 6.07) is 2.74. The van der Waals surface area contributed by atoms with E-state index in [9.17, 15) is 19.2 Å². The number of halogens is 2. The van der Waals surface area contributed by atoms with Crippen molar-refractivity contribution in [3.05, 3.63) is 41.8 Å². The van der Waals surface area contributed by atoms with Crippen LogP contribution < -0.4 is 15.1 Å². The molecular weight excluding hydrogens is 516 g/mol. The smallest absolute Gasteiger partial charge is 0.414 e. The van der Waals surface area contributed by atoms with E-state index >= 15 is 8.78 Å². The maximum absolute atomic E-state index is 15.1. The normalized spacial score (nSPS) is 18.4. The average molecular weight is 548 g/mol. The standard InChI is InChI=1S/C26H31F2N5O6/c1-15(2)22(30-24(35)21-6-7-29-39-21)25(36)32-10-8-31(9-11-32)23-19(27)12-17(13-20(23)28)33-14-18(38-26(33)37)5-4-16(3)34/h6-7,12-13,15,18,22H,4-5,8-11,14H2,1-3H3,(H,30,35)/t18-,22-/m0/s1. The Bertz CT molecular complexity index is 1210. The molecule has 0 bridgehead atoms. The molecule has 2 aliphatic heterocycles. The monoisotopic (exact) mass is 547 g/mol. The molecule has 13 heteroatoms. The van der Waals surface area contributed by atoms with Gasteiger partial charge in [0.1, 0.15) is 23.6 Å². The molecule has 2 atom stereocenters. The third kappa shape index (κ3) is 6.35. The Morgan fingerprint density at radius 2 is 1.79 bits per heavy atom. The van der Waals surface area contributed by atoms with Crippen molar-refractivity contribution in [3.63, 3.8) is 0 Å². The number of rotatable bonds is 9. The van der Waals surface area contributed by atoms with Gasteiger partial charge in [-0.1, -0.05) is 19.0 Å². The van der Waals surface area contributed by atoms with Gasteiger partial charge in [-0.25, -0.2) is 13.6 Å². The van der Waals surface area contributed by atoms with Crippen molar-refractivity contribution in [2.24, 2.45) is 5.92 Å². The van der Waals surface area contributed by atoms with Crippen molar-refractivity contribution in [1.29, 1.82) is 0 Å². The van der Waals surface area contributed by atoms with Crippen LogP contribution in [-0.4, -0.2) is 78.6 Å². The number of ether oxygens (including phenoxy) is 1. The summed E-state index contributed by atoms with van der Waals surface area (Å²) in [5.74, 6) is -2.82. The molecule has 2 aromatic rings. The molecule has 39 heavy (non-hydrogen) atoms.